The Labute approximate surface area is 149 Å². The van der Waals surface area contributed by atoms with Gasteiger partial charge in [0.25, 0.3) is 0 Å². The first-order valence-electron chi connectivity index (χ1n) is 8.10. The number of nitrogens with one attached hydrogen (secondary N) is 2. The summed E-state index contributed by atoms with van der Waals surface area (Å²) in [7, 11) is 1.67. The maximum Gasteiger partial charge on any atom is 0.170 e. The first-order valence-corrected chi connectivity index (χ1v) is 8.51. The van der Waals surface area contributed by atoms with Gasteiger partial charge in [-0.1, -0.05) is 18.2 Å². The van der Waals surface area contributed by atoms with Gasteiger partial charge in [0.05, 0.1) is 6.61 Å². The summed E-state index contributed by atoms with van der Waals surface area (Å²) in [4.78, 5) is 2.30. The molecule has 0 bridgehead atoms. The van der Waals surface area contributed by atoms with Crippen LogP contribution in [0, 0.1) is 0 Å². The quantitative estimate of drug-likeness (QED) is 0.583. The van der Waals surface area contributed by atoms with Crippen LogP contribution >= 0.6 is 12.2 Å². The third kappa shape index (κ3) is 5.22. The summed E-state index contributed by atoms with van der Waals surface area (Å²) in [5.74, 6) is 0. The Morgan fingerprint density at radius 3 is 2.25 bits per heavy atom. The second-order valence-corrected chi connectivity index (χ2v) is 6.13. The topological polar surface area (TPSA) is 36.5 Å². The van der Waals surface area contributed by atoms with Gasteiger partial charge in [-0.2, -0.15) is 0 Å². The second-order valence-electron chi connectivity index (χ2n) is 5.72. The van der Waals surface area contributed by atoms with E-state index in [1.54, 1.807) is 7.11 Å². The van der Waals surface area contributed by atoms with Gasteiger partial charge in [-0.15, -0.1) is 0 Å². The summed E-state index contributed by atoms with van der Waals surface area (Å²) >= 11 is 5.26. The molecule has 0 aromatic heterocycles. The van der Waals surface area contributed by atoms with E-state index in [4.69, 9.17) is 17.0 Å². The lowest BCUT2D eigenvalue weighted by Gasteiger charge is -2.29. The van der Waals surface area contributed by atoms with Gasteiger partial charge in [0, 0.05) is 36.8 Å². The maximum absolute atomic E-state index is 5.26. The number of hydrogen-bond acceptors (Lipinski definition) is 3. The van der Waals surface area contributed by atoms with Crippen molar-refractivity contribution in [3.05, 3.63) is 54.6 Å². The minimum Gasteiger partial charge on any atom is -0.383 e. The molecule has 0 saturated heterocycles. The highest BCUT2D eigenvalue weighted by Crippen LogP contribution is 2.28. The van der Waals surface area contributed by atoms with Crippen LogP contribution in [0.4, 0.5) is 17.1 Å². The highest BCUT2D eigenvalue weighted by Gasteiger charge is 2.12. The van der Waals surface area contributed by atoms with Crippen molar-refractivity contribution in [3.8, 4) is 0 Å². The number of para-hydroxylation sites is 1. The fourth-order valence-electron chi connectivity index (χ4n) is 2.48. The van der Waals surface area contributed by atoms with Crippen LogP contribution in [0.15, 0.2) is 54.6 Å². The van der Waals surface area contributed by atoms with E-state index in [0.29, 0.717) is 24.3 Å². The third-order valence-electron chi connectivity index (χ3n) is 3.55. The number of rotatable bonds is 7. The summed E-state index contributed by atoms with van der Waals surface area (Å²) < 4.78 is 4.99. The molecule has 0 saturated carbocycles. The summed E-state index contributed by atoms with van der Waals surface area (Å²) in [6.45, 7) is 5.69. The molecule has 0 atom stereocenters. The van der Waals surface area contributed by atoms with Crippen molar-refractivity contribution in [1.82, 2.24) is 5.32 Å². The third-order valence-corrected chi connectivity index (χ3v) is 3.79. The zero-order valence-corrected chi connectivity index (χ0v) is 15.3. The van der Waals surface area contributed by atoms with Gasteiger partial charge in [-0.25, -0.2) is 0 Å². The summed E-state index contributed by atoms with van der Waals surface area (Å²) in [5, 5.41) is 6.88. The molecule has 2 aromatic carbocycles. The first-order chi connectivity index (χ1) is 11.6. The molecule has 0 spiro atoms. The summed E-state index contributed by atoms with van der Waals surface area (Å²) in [6, 6.07) is 19.1. The monoisotopic (exact) mass is 343 g/mol. The number of hydrogen-bond donors (Lipinski definition) is 2. The fraction of sp³-hybridized carbons (Fsp3) is 0.316. The molecule has 0 aliphatic carbocycles. The van der Waals surface area contributed by atoms with Gasteiger partial charge in [0.15, 0.2) is 5.11 Å². The normalized spacial score (nSPS) is 10.5. The predicted molar refractivity (Wildman–Crippen MR) is 106 cm³/mol. The standard InChI is InChI=1S/C19H25N3OS/c1-15(2)22(17-7-5-4-6-8-17)18-11-9-16(10-12-18)21-19(24)20-13-14-23-3/h4-12,15H,13-14H2,1-3H3,(H2,20,21,24). The number of ether oxygens (including phenoxy) is 1. The molecular formula is C19H25N3OS. The number of benzene rings is 2. The van der Waals surface area contributed by atoms with E-state index in [9.17, 15) is 0 Å². The molecule has 0 aliphatic rings. The van der Waals surface area contributed by atoms with Gasteiger partial charge < -0.3 is 20.3 Å². The number of methoxy groups -OCH3 is 1. The Hall–Kier alpha value is -2.11. The van der Waals surface area contributed by atoms with Crippen LogP contribution in [0.5, 0.6) is 0 Å². The predicted octanol–water partition coefficient (Wildman–Crippen LogP) is 4.17. The first kappa shape index (κ1) is 18.2. The minimum absolute atomic E-state index is 0.364. The number of anilines is 3. The molecule has 0 fully saturated rings. The Morgan fingerprint density at radius 1 is 1.04 bits per heavy atom. The molecule has 2 rings (SSSR count). The second kappa shape index (κ2) is 9.25. The van der Waals surface area contributed by atoms with Crippen molar-refractivity contribution in [2.75, 3.05) is 30.5 Å². The number of thiocarbonyl (C=S) groups is 1. The van der Waals surface area contributed by atoms with Crippen LogP contribution in [-0.4, -0.2) is 31.4 Å². The lowest BCUT2D eigenvalue weighted by molar-refractivity contribution is 0.204. The summed E-state index contributed by atoms with van der Waals surface area (Å²) in [6.07, 6.45) is 0. The largest absolute Gasteiger partial charge is 0.383 e. The van der Waals surface area contributed by atoms with E-state index < -0.39 is 0 Å². The van der Waals surface area contributed by atoms with Gasteiger partial charge in [0.2, 0.25) is 0 Å². The lowest BCUT2D eigenvalue weighted by Crippen LogP contribution is -2.31. The molecule has 0 unspecified atom stereocenters. The van der Waals surface area contributed by atoms with Crippen molar-refractivity contribution >= 4 is 34.4 Å². The molecule has 5 heteroatoms. The molecular weight excluding hydrogens is 318 g/mol. The molecule has 0 heterocycles. The zero-order chi connectivity index (χ0) is 17.4. The van der Waals surface area contributed by atoms with Gasteiger partial charge >= 0.3 is 0 Å². The Kier molecular flexibility index (Phi) is 7.03. The van der Waals surface area contributed by atoms with Crippen molar-refractivity contribution in [1.29, 1.82) is 0 Å². The molecule has 128 valence electrons. The van der Waals surface area contributed by atoms with Crippen LogP contribution < -0.4 is 15.5 Å². The van der Waals surface area contributed by atoms with Crippen LogP contribution in [0.2, 0.25) is 0 Å². The van der Waals surface area contributed by atoms with Gasteiger partial charge in [0.1, 0.15) is 0 Å². The van der Waals surface area contributed by atoms with E-state index >= 15 is 0 Å². The Bertz CT molecular complexity index is 629. The van der Waals surface area contributed by atoms with Gasteiger partial charge in [-0.3, -0.25) is 0 Å². The molecule has 2 aromatic rings. The smallest absolute Gasteiger partial charge is 0.170 e. The van der Waals surface area contributed by atoms with Crippen molar-refractivity contribution in [2.45, 2.75) is 19.9 Å². The molecule has 0 aliphatic heterocycles. The lowest BCUT2D eigenvalue weighted by atomic mass is 10.2. The van der Waals surface area contributed by atoms with Crippen LogP contribution in [-0.2, 0) is 4.74 Å². The van der Waals surface area contributed by atoms with E-state index in [1.165, 1.54) is 5.69 Å². The highest BCUT2D eigenvalue weighted by atomic mass is 32.1. The van der Waals surface area contributed by atoms with Crippen molar-refractivity contribution in [3.63, 3.8) is 0 Å². The number of nitrogens with zero attached hydrogens (tertiary/aromatic N) is 1. The van der Waals surface area contributed by atoms with Crippen LogP contribution in [0.3, 0.4) is 0 Å². The molecule has 0 amide bonds. The van der Waals surface area contributed by atoms with E-state index in [1.807, 2.05) is 18.2 Å². The fourth-order valence-corrected chi connectivity index (χ4v) is 2.70. The molecule has 4 nitrogen and oxygen atoms in total. The SMILES string of the molecule is COCCNC(=S)Nc1ccc(N(c2ccccc2)C(C)C)cc1. The molecule has 0 radical (unpaired) electrons. The molecule has 24 heavy (non-hydrogen) atoms. The van der Waals surface area contributed by atoms with E-state index in [0.717, 1.165) is 11.4 Å². The minimum atomic E-state index is 0.364. The highest BCUT2D eigenvalue weighted by molar-refractivity contribution is 7.80. The Balaban J connectivity index is 2.06. The maximum atomic E-state index is 5.26. The van der Waals surface area contributed by atoms with Gasteiger partial charge in [-0.05, 0) is 62.5 Å². The zero-order valence-electron chi connectivity index (χ0n) is 14.5. The van der Waals surface area contributed by atoms with Crippen molar-refractivity contribution in [2.24, 2.45) is 0 Å². The van der Waals surface area contributed by atoms with E-state index in [2.05, 4.69) is 65.8 Å². The Morgan fingerprint density at radius 2 is 1.67 bits per heavy atom. The summed E-state index contributed by atoms with van der Waals surface area (Å²) in [5.41, 5.74) is 3.30. The molecule has 2 N–H and O–H groups in total. The van der Waals surface area contributed by atoms with Crippen molar-refractivity contribution < 1.29 is 4.74 Å². The van der Waals surface area contributed by atoms with Crippen LogP contribution in [0.1, 0.15) is 13.8 Å². The average molecular weight is 343 g/mol. The average Bonchev–Trinajstić information content (AvgIpc) is 2.57. The van der Waals surface area contributed by atoms with E-state index in [-0.39, 0.29) is 0 Å². The van der Waals surface area contributed by atoms with Crippen LogP contribution in [0.25, 0.3) is 0 Å².